The van der Waals surface area contributed by atoms with E-state index in [0.29, 0.717) is 17.1 Å². The molecule has 0 heterocycles. The number of amides is 2. The van der Waals surface area contributed by atoms with Gasteiger partial charge in [-0.2, -0.15) is 0 Å². The van der Waals surface area contributed by atoms with Crippen LogP contribution >= 0.6 is 11.6 Å². The highest BCUT2D eigenvalue weighted by molar-refractivity contribution is 7.92. The molecule has 4 rings (SSSR count). The van der Waals surface area contributed by atoms with Crippen molar-refractivity contribution in [3.8, 4) is 0 Å². The summed E-state index contributed by atoms with van der Waals surface area (Å²) in [7, 11) is -4.28. The van der Waals surface area contributed by atoms with Crippen molar-refractivity contribution in [1.82, 2.24) is 10.2 Å². The van der Waals surface area contributed by atoms with Crippen LogP contribution in [0.4, 0.5) is 10.1 Å². The highest BCUT2D eigenvalue weighted by atomic mass is 35.5. The van der Waals surface area contributed by atoms with Crippen molar-refractivity contribution in [2.75, 3.05) is 17.4 Å². The van der Waals surface area contributed by atoms with Crippen molar-refractivity contribution in [3.63, 3.8) is 0 Å². The molecule has 1 atom stereocenters. The molecule has 10 heteroatoms. The van der Waals surface area contributed by atoms with Gasteiger partial charge in [-0.15, -0.1) is 0 Å². The van der Waals surface area contributed by atoms with Crippen LogP contribution in [0.3, 0.4) is 0 Å². The molecule has 0 aliphatic carbocycles. The second kappa shape index (κ2) is 15.2. The number of nitrogens with zero attached hydrogens (tertiary/aromatic N) is 2. The molecule has 0 unspecified atom stereocenters. The molecule has 4 aromatic carbocycles. The van der Waals surface area contributed by atoms with E-state index in [1.165, 1.54) is 29.2 Å². The number of nitrogens with one attached hydrogen (secondary N) is 1. The van der Waals surface area contributed by atoms with Gasteiger partial charge in [-0.3, -0.25) is 13.9 Å². The molecule has 0 bridgehead atoms. The van der Waals surface area contributed by atoms with Crippen molar-refractivity contribution >= 4 is 39.1 Å². The maximum absolute atomic E-state index is 14.4. The fourth-order valence-electron chi connectivity index (χ4n) is 4.76. The van der Waals surface area contributed by atoms with E-state index < -0.39 is 34.3 Å². The van der Waals surface area contributed by atoms with Crippen LogP contribution in [0, 0.1) is 18.7 Å². The van der Waals surface area contributed by atoms with Gasteiger partial charge in [0.1, 0.15) is 18.4 Å². The van der Waals surface area contributed by atoms with E-state index in [2.05, 4.69) is 5.32 Å². The van der Waals surface area contributed by atoms with Gasteiger partial charge in [0.05, 0.1) is 10.6 Å². The fraction of sp³-hybridized carbons (Fsp3) is 0.257. The Morgan fingerprint density at radius 2 is 1.49 bits per heavy atom. The highest BCUT2D eigenvalue weighted by Gasteiger charge is 2.35. The van der Waals surface area contributed by atoms with E-state index >= 15 is 0 Å². The average molecular weight is 650 g/mol. The molecule has 0 aliphatic heterocycles. The number of aryl methyl sites for hydroxylation is 1. The summed E-state index contributed by atoms with van der Waals surface area (Å²) in [5, 5.41) is 3.35. The molecule has 236 valence electrons. The zero-order valence-electron chi connectivity index (χ0n) is 25.5. The lowest BCUT2D eigenvalue weighted by atomic mass is 10.0. The summed E-state index contributed by atoms with van der Waals surface area (Å²) in [6.45, 7) is 5.47. The monoisotopic (exact) mass is 649 g/mol. The zero-order chi connectivity index (χ0) is 32.6. The quantitative estimate of drug-likeness (QED) is 0.182. The van der Waals surface area contributed by atoms with E-state index in [4.69, 9.17) is 11.6 Å². The Hall–Kier alpha value is -4.21. The third kappa shape index (κ3) is 8.93. The molecular weight excluding hydrogens is 613 g/mol. The van der Waals surface area contributed by atoms with Crippen LogP contribution in [-0.2, 0) is 32.6 Å². The SMILES string of the molecule is Cc1ccc(S(=O)(=O)N(CC(=O)N(Cc2ccccc2Cl)[C@@H](Cc2ccccc2)C(=O)NCC(C)C)c2ccc(F)cc2)cc1. The molecular formula is C35H37ClFN3O4S. The van der Waals surface area contributed by atoms with Crippen molar-refractivity contribution in [2.45, 2.75) is 44.7 Å². The standard InChI is InChI=1S/C35H37ClFN3O4S/c1-25(2)22-38-35(42)33(21-27-9-5-4-6-10-27)39(23-28-11-7-8-12-32(28)36)34(41)24-40(30-17-15-29(37)16-18-30)45(43,44)31-19-13-26(3)14-20-31/h4-20,25,33H,21-24H2,1-3H3,(H,38,42)/t33-/m0/s1. The van der Waals surface area contributed by atoms with Gasteiger partial charge in [-0.1, -0.05) is 91.7 Å². The maximum atomic E-state index is 14.4. The first-order valence-electron chi connectivity index (χ1n) is 14.6. The van der Waals surface area contributed by atoms with Crippen molar-refractivity contribution in [1.29, 1.82) is 0 Å². The summed E-state index contributed by atoms with van der Waals surface area (Å²) in [5.41, 5.74) is 2.38. The van der Waals surface area contributed by atoms with Gasteiger partial charge in [-0.25, -0.2) is 12.8 Å². The minimum atomic E-state index is -4.28. The lowest BCUT2D eigenvalue weighted by Crippen LogP contribution is -2.53. The molecule has 0 saturated heterocycles. The van der Waals surface area contributed by atoms with Gasteiger partial charge in [0.15, 0.2) is 0 Å². The van der Waals surface area contributed by atoms with Gasteiger partial charge < -0.3 is 10.2 Å². The first kappa shape index (κ1) is 33.7. The largest absolute Gasteiger partial charge is 0.354 e. The summed E-state index contributed by atoms with van der Waals surface area (Å²) < 4.78 is 42.9. The topological polar surface area (TPSA) is 86.8 Å². The number of anilines is 1. The van der Waals surface area contributed by atoms with Crippen LogP contribution in [0.5, 0.6) is 0 Å². The lowest BCUT2D eigenvalue weighted by molar-refractivity contribution is -0.140. The van der Waals surface area contributed by atoms with Crippen LogP contribution in [0.2, 0.25) is 5.02 Å². The number of rotatable bonds is 13. The average Bonchev–Trinajstić information content (AvgIpc) is 3.02. The minimum Gasteiger partial charge on any atom is -0.354 e. The molecule has 0 saturated carbocycles. The van der Waals surface area contributed by atoms with Crippen LogP contribution in [0.15, 0.2) is 108 Å². The summed E-state index contributed by atoms with van der Waals surface area (Å²) in [6.07, 6.45) is 0.183. The fourth-order valence-corrected chi connectivity index (χ4v) is 6.37. The molecule has 0 aromatic heterocycles. The van der Waals surface area contributed by atoms with Crippen LogP contribution < -0.4 is 9.62 Å². The van der Waals surface area contributed by atoms with Gasteiger partial charge in [0.25, 0.3) is 10.0 Å². The molecule has 0 fully saturated rings. The number of halogens is 2. The predicted molar refractivity (Wildman–Crippen MR) is 176 cm³/mol. The number of carbonyl (C=O) groups excluding carboxylic acids is 2. The number of hydrogen-bond donors (Lipinski definition) is 1. The second-order valence-corrected chi connectivity index (χ2v) is 13.5. The Morgan fingerprint density at radius 3 is 2.11 bits per heavy atom. The first-order chi connectivity index (χ1) is 21.5. The third-order valence-corrected chi connectivity index (χ3v) is 9.41. The van der Waals surface area contributed by atoms with E-state index in [1.54, 1.807) is 36.4 Å². The van der Waals surface area contributed by atoms with E-state index in [9.17, 15) is 22.4 Å². The van der Waals surface area contributed by atoms with Gasteiger partial charge in [0, 0.05) is 24.5 Å². The van der Waals surface area contributed by atoms with E-state index in [0.717, 1.165) is 27.6 Å². The maximum Gasteiger partial charge on any atom is 0.264 e. The molecule has 1 N–H and O–H groups in total. The smallest absolute Gasteiger partial charge is 0.264 e. The lowest BCUT2D eigenvalue weighted by Gasteiger charge is -2.34. The van der Waals surface area contributed by atoms with Crippen molar-refractivity contribution in [3.05, 3.63) is 131 Å². The number of carbonyl (C=O) groups is 2. The number of sulfonamides is 1. The van der Waals surface area contributed by atoms with Gasteiger partial charge in [0.2, 0.25) is 11.8 Å². The van der Waals surface area contributed by atoms with Gasteiger partial charge in [-0.05, 0) is 66.4 Å². The Balaban J connectivity index is 1.80. The molecule has 0 spiro atoms. The normalized spacial score (nSPS) is 12.0. The first-order valence-corrected chi connectivity index (χ1v) is 16.5. The molecule has 0 aliphatic rings. The Bertz CT molecular complexity index is 1700. The molecule has 4 aromatic rings. The molecule has 45 heavy (non-hydrogen) atoms. The summed E-state index contributed by atoms with van der Waals surface area (Å²) in [5.74, 6) is -1.39. The zero-order valence-corrected chi connectivity index (χ0v) is 27.1. The molecule has 2 amide bonds. The van der Waals surface area contributed by atoms with Crippen LogP contribution in [0.25, 0.3) is 0 Å². The Morgan fingerprint density at radius 1 is 0.867 bits per heavy atom. The van der Waals surface area contributed by atoms with E-state index in [-0.39, 0.29) is 35.4 Å². The van der Waals surface area contributed by atoms with Crippen molar-refractivity contribution in [2.24, 2.45) is 5.92 Å². The Labute approximate surface area is 269 Å². The Kier molecular flexibility index (Phi) is 11.4. The molecule has 0 radical (unpaired) electrons. The minimum absolute atomic E-state index is 0.0293. The third-order valence-electron chi connectivity index (χ3n) is 7.26. The summed E-state index contributed by atoms with van der Waals surface area (Å²) >= 11 is 6.52. The molecule has 7 nitrogen and oxygen atoms in total. The van der Waals surface area contributed by atoms with Gasteiger partial charge >= 0.3 is 0 Å². The second-order valence-electron chi connectivity index (χ2n) is 11.3. The van der Waals surface area contributed by atoms with Crippen LogP contribution in [-0.4, -0.2) is 44.3 Å². The summed E-state index contributed by atoms with van der Waals surface area (Å²) in [6, 6.07) is 26.4. The van der Waals surface area contributed by atoms with Crippen molar-refractivity contribution < 1.29 is 22.4 Å². The highest BCUT2D eigenvalue weighted by Crippen LogP contribution is 2.26. The predicted octanol–water partition coefficient (Wildman–Crippen LogP) is 6.40. The summed E-state index contributed by atoms with van der Waals surface area (Å²) in [4.78, 5) is 29.6. The van der Waals surface area contributed by atoms with Crippen LogP contribution in [0.1, 0.15) is 30.5 Å². The number of benzene rings is 4. The van der Waals surface area contributed by atoms with E-state index in [1.807, 2.05) is 51.1 Å². The number of hydrogen-bond acceptors (Lipinski definition) is 4.